The van der Waals surface area contributed by atoms with E-state index in [2.05, 4.69) is 9.97 Å². The molecule has 2 aromatic heterocycles. The van der Waals surface area contributed by atoms with Crippen LogP contribution in [0.25, 0.3) is 0 Å². The minimum absolute atomic E-state index is 0.00653. The maximum atomic E-state index is 12.7. The standard InChI is InChI=1S/C19H24N4O2/c1-14(15-6-4-9-20-12-15)19(24)23-11-8-16(13-23)25-17-7-5-10-21-18(17)22(2)3/h4-7,9-10,12,14,16H,8,11,13H2,1-3H3/t14-,16+/m1/s1. The summed E-state index contributed by atoms with van der Waals surface area (Å²) in [5.41, 5.74) is 0.944. The number of likely N-dealkylation sites (tertiary alicyclic amines) is 1. The number of aromatic nitrogens is 2. The Kier molecular flexibility index (Phi) is 5.16. The van der Waals surface area contributed by atoms with Crippen LogP contribution in [-0.2, 0) is 4.79 Å². The van der Waals surface area contributed by atoms with E-state index in [-0.39, 0.29) is 17.9 Å². The highest BCUT2D eigenvalue weighted by Gasteiger charge is 2.31. The lowest BCUT2D eigenvalue weighted by Gasteiger charge is -2.22. The van der Waals surface area contributed by atoms with Gasteiger partial charge < -0.3 is 14.5 Å². The first-order valence-electron chi connectivity index (χ1n) is 8.54. The van der Waals surface area contributed by atoms with Crippen molar-refractivity contribution in [3.8, 4) is 5.75 Å². The molecule has 1 fully saturated rings. The van der Waals surface area contributed by atoms with Gasteiger partial charge in [-0.3, -0.25) is 9.78 Å². The number of amides is 1. The Morgan fingerprint density at radius 3 is 2.84 bits per heavy atom. The quantitative estimate of drug-likeness (QED) is 0.836. The number of ether oxygens (including phenoxy) is 1. The first-order chi connectivity index (χ1) is 12.1. The van der Waals surface area contributed by atoms with Crippen LogP contribution in [0.5, 0.6) is 5.75 Å². The maximum absolute atomic E-state index is 12.7. The highest BCUT2D eigenvalue weighted by atomic mass is 16.5. The molecule has 132 valence electrons. The fraction of sp³-hybridized carbons (Fsp3) is 0.421. The number of carbonyl (C=O) groups is 1. The Bertz CT molecular complexity index is 720. The smallest absolute Gasteiger partial charge is 0.230 e. The largest absolute Gasteiger partial charge is 0.485 e. The third kappa shape index (κ3) is 3.90. The van der Waals surface area contributed by atoms with E-state index >= 15 is 0 Å². The normalized spacial score (nSPS) is 18.0. The Morgan fingerprint density at radius 1 is 1.32 bits per heavy atom. The van der Waals surface area contributed by atoms with E-state index in [0.29, 0.717) is 13.1 Å². The molecular weight excluding hydrogens is 316 g/mol. The average molecular weight is 340 g/mol. The van der Waals surface area contributed by atoms with Gasteiger partial charge in [0.1, 0.15) is 6.10 Å². The topological polar surface area (TPSA) is 58.6 Å². The van der Waals surface area contributed by atoms with Crippen LogP contribution in [0.3, 0.4) is 0 Å². The molecule has 1 aliphatic heterocycles. The van der Waals surface area contributed by atoms with Gasteiger partial charge in [0.2, 0.25) is 5.91 Å². The zero-order valence-electron chi connectivity index (χ0n) is 14.9. The van der Waals surface area contributed by atoms with Crippen LogP contribution in [-0.4, -0.2) is 54.1 Å². The summed E-state index contributed by atoms with van der Waals surface area (Å²) >= 11 is 0. The van der Waals surface area contributed by atoms with Gasteiger partial charge in [-0.2, -0.15) is 0 Å². The molecule has 0 aliphatic carbocycles. The van der Waals surface area contributed by atoms with Crippen LogP contribution in [0.4, 0.5) is 5.82 Å². The van der Waals surface area contributed by atoms with Gasteiger partial charge >= 0.3 is 0 Å². The molecule has 2 atom stereocenters. The zero-order valence-corrected chi connectivity index (χ0v) is 14.9. The van der Waals surface area contributed by atoms with Gasteiger partial charge in [-0.05, 0) is 30.7 Å². The van der Waals surface area contributed by atoms with Crippen LogP contribution in [0.1, 0.15) is 24.8 Å². The third-order valence-corrected chi connectivity index (χ3v) is 4.48. The Balaban J connectivity index is 1.63. The van der Waals surface area contributed by atoms with Crippen LogP contribution >= 0.6 is 0 Å². The summed E-state index contributed by atoms with van der Waals surface area (Å²) < 4.78 is 6.12. The lowest BCUT2D eigenvalue weighted by molar-refractivity contribution is -0.131. The first-order valence-corrected chi connectivity index (χ1v) is 8.54. The van der Waals surface area contributed by atoms with Crippen molar-refractivity contribution in [1.29, 1.82) is 0 Å². The van der Waals surface area contributed by atoms with E-state index < -0.39 is 0 Å². The lowest BCUT2D eigenvalue weighted by atomic mass is 10.0. The average Bonchev–Trinajstić information content (AvgIpc) is 3.10. The Hall–Kier alpha value is -2.63. The lowest BCUT2D eigenvalue weighted by Crippen LogP contribution is -2.34. The predicted molar refractivity (Wildman–Crippen MR) is 96.8 cm³/mol. The maximum Gasteiger partial charge on any atom is 0.230 e. The van der Waals surface area contributed by atoms with Crippen molar-refractivity contribution < 1.29 is 9.53 Å². The predicted octanol–water partition coefficient (Wildman–Crippen LogP) is 2.33. The molecular formula is C19H24N4O2. The molecule has 0 aromatic carbocycles. The highest BCUT2D eigenvalue weighted by Crippen LogP contribution is 2.27. The minimum atomic E-state index is -0.192. The molecule has 3 rings (SSSR count). The Labute approximate surface area is 148 Å². The second kappa shape index (κ2) is 7.51. The summed E-state index contributed by atoms with van der Waals surface area (Å²) in [5.74, 6) is 1.49. The van der Waals surface area contributed by atoms with Crippen LogP contribution in [0, 0.1) is 0 Å². The molecule has 0 bridgehead atoms. The highest BCUT2D eigenvalue weighted by molar-refractivity contribution is 5.83. The third-order valence-electron chi connectivity index (χ3n) is 4.48. The summed E-state index contributed by atoms with van der Waals surface area (Å²) in [6.45, 7) is 3.25. The minimum Gasteiger partial charge on any atom is -0.485 e. The number of carbonyl (C=O) groups excluding carboxylic acids is 1. The molecule has 6 heteroatoms. The van der Waals surface area contributed by atoms with E-state index in [1.165, 1.54) is 0 Å². The molecule has 1 saturated heterocycles. The summed E-state index contributed by atoms with van der Waals surface area (Å²) in [6, 6.07) is 7.59. The molecule has 1 amide bonds. The van der Waals surface area contributed by atoms with Gasteiger partial charge in [0, 0.05) is 45.7 Å². The molecule has 0 saturated carbocycles. The van der Waals surface area contributed by atoms with Gasteiger partial charge in [-0.15, -0.1) is 0 Å². The number of nitrogens with zero attached hydrogens (tertiary/aromatic N) is 4. The molecule has 0 radical (unpaired) electrons. The number of pyridine rings is 2. The molecule has 0 N–H and O–H groups in total. The zero-order chi connectivity index (χ0) is 17.8. The van der Waals surface area contributed by atoms with Crippen molar-refractivity contribution in [2.75, 3.05) is 32.1 Å². The summed E-state index contributed by atoms with van der Waals surface area (Å²) in [5, 5.41) is 0. The van der Waals surface area contributed by atoms with E-state index in [1.807, 2.05) is 55.1 Å². The fourth-order valence-corrected chi connectivity index (χ4v) is 3.06. The van der Waals surface area contributed by atoms with Gasteiger partial charge in [-0.25, -0.2) is 4.98 Å². The number of anilines is 1. The van der Waals surface area contributed by atoms with Crippen LogP contribution in [0.2, 0.25) is 0 Å². The number of hydrogen-bond donors (Lipinski definition) is 0. The van der Waals surface area contributed by atoms with Gasteiger partial charge in [-0.1, -0.05) is 6.07 Å². The van der Waals surface area contributed by atoms with Crippen molar-refractivity contribution in [3.63, 3.8) is 0 Å². The van der Waals surface area contributed by atoms with Crippen molar-refractivity contribution in [2.45, 2.75) is 25.4 Å². The van der Waals surface area contributed by atoms with E-state index in [9.17, 15) is 4.79 Å². The monoisotopic (exact) mass is 340 g/mol. The Morgan fingerprint density at radius 2 is 2.12 bits per heavy atom. The summed E-state index contributed by atoms with van der Waals surface area (Å²) in [6.07, 6.45) is 6.05. The number of rotatable bonds is 5. The van der Waals surface area contributed by atoms with Gasteiger partial charge in [0.25, 0.3) is 0 Å². The molecule has 3 heterocycles. The summed E-state index contributed by atoms with van der Waals surface area (Å²) in [4.78, 5) is 25.0. The van der Waals surface area contributed by atoms with Gasteiger partial charge in [0.15, 0.2) is 11.6 Å². The molecule has 0 unspecified atom stereocenters. The van der Waals surface area contributed by atoms with Crippen LogP contribution < -0.4 is 9.64 Å². The molecule has 1 aliphatic rings. The number of hydrogen-bond acceptors (Lipinski definition) is 5. The van der Waals surface area contributed by atoms with Gasteiger partial charge in [0.05, 0.1) is 12.5 Å². The molecule has 6 nitrogen and oxygen atoms in total. The molecule has 2 aromatic rings. The van der Waals surface area contributed by atoms with Crippen LogP contribution in [0.15, 0.2) is 42.9 Å². The molecule has 0 spiro atoms. The molecule has 25 heavy (non-hydrogen) atoms. The van der Waals surface area contributed by atoms with Crippen molar-refractivity contribution in [3.05, 3.63) is 48.4 Å². The fourth-order valence-electron chi connectivity index (χ4n) is 3.06. The second-order valence-electron chi connectivity index (χ2n) is 6.54. The van der Waals surface area contributed by atoms with E-state index in [0.717, 1.165) is 23.6 Å². The summed E-state index contributed by atoms with van der Waals surface area (Å²) in [7, 11) is 3.88. The SMILES string of the molecule is C[C@@H](C(=O)N1CC[C@H](Oc2cccnc2N(C)C)C1)c1cccnc1. The van der Waals surface area contributed by atoms with E-state index in [1.54, 1.807) is 18.6 Å². The van der Waals surface area contributed by atoms with Crippen molar-refractivity contribution in [2.24, 2.45) is 0 Å². The first kappa shape index (κ1) is 17.2. The van der Waals surface area contributed by atoms with Crippen molar-refractivity contribution >= 4 is 11.7 Å². The van der Waals surface area contributed by atoms with Crippen molar-refractivity contribution in [1.82, 2.24) is 14.9 Å². The second-order valence-corrected chi connectivity index (χ2v) is 6.54. The van der Waals surface area contributed by atoms with E-state index in [4.69, 9.17) is 4.74 Å².